The van der Waals surface area contributed by atoms with Gasteiger partial charge in [-0.1, -0.05) is 6.07 Å². The molecule has 0 fully saturated rings. The lowest BCUT2D eigenvalue weighted by atomic mass is 10.2. The summed E-state index contributed by atoms with van der Waals surface area (Å²) in [5.74, 6) is 1.26. The average Bonchev–Trinajstić information content (AvgIpc) is 3.02. The Balaban J connectivity index is 0.00000312. The number of thiophene rings is 1. The number of nitrogens with zero attached hydrogens (tertiary/aromatic N) is 2. The first-order chi connectivity index (χ1) is 11.5. The van der Waals surface area contributed by atoms with Crippen molar-refractivity contribution in [3.05, 3.63) is 46.7 Å². The lowest BCUT2D eigenvalue weighted by molar-refractivity contribution is 0.242. The van der Waals surface area contributed by atoms with Crippen molar-refractivity contribution < 1.29 is 4.74 Å². The molecule has 1 heterocycles. The standard InChI is InChI=1S/C18H26N4OS.HI/c1-13(2)23-15-9-7-14(8-10-15)21-18(19)20-12-16(22(3)4)17-6-5-11-24-17;/h5-11,13,16H,12H2,1-4H3,(H3,19,20,21);1H. The Labute approximate surface area is 171 Å². The van der Waals surface area contributed by atoms with Gasteiger partial charge in [0.2, 0.25) is 0 Å². The molecular weight excluding hydrogens is 447 g/mol. The quantitative estimate of drug-likeness (QED) is 0.359. The summed E-state index contributed by atoms with van der Waals surface area (Å²) in [6.45, 7) is 4.62. The Morgan fingerprint density at radius 1 is 1.24 bits per heavy atom. The van der Waals surface area contributed by atoms with Crippen molar-refractivity contribution in [3.63, 3.8) is 0 Å². The topological polar surface area (TPSA) is 62.9 Å². The van der Waals surface area contributed by atoms with Crippen LogP contribution in [0.15, 0.2) is 46.8 Å². The second kappa shape index (κ2) is 10.6. The van der Waals surface area contributed by atoms with Crippen LogP contribution in [0, 0.1) is 0 Å². The summed E-state index contributed by atoms with van der Waals surface area (Å²) in [4.78, 5) is 7.92. The van der Waals surface area contributed by atoms with E-state index in [1.54, 1.807) is 11.3 Å². The van der Waals surface area contributed by atoms with Crippen LogP contribution in [0.5, 0.6) is 5.75 Å². The molecule has 3 N–H and O–H groups in total. The van der Waals surface area contributed by atoms with Gasteiger partial charge in [0.1, 0.15) is 5.75 Å². The maximum atomic E-state index is 6.02. The van der Waals surface area contributed by atoms with E-state index in [0.29, 0.717) is 12.5 Å². The first-order valence-corrected chi connectivity index (χ1v) is 8.87. The lowest BCUT2D eigenvalue weighted by Crippen LogP contribution is -2.26. The van der Waals surface area contributed by atoms with Gasteiger partial charge in [-0.05, 0) is 63.7 Å². The Morgan fingerprint density at radius 3 is 2.44 bits per heavy atom. The fourth-order valence-electron chi connectivity index (χ4n) is 2.25. The highest BCUT2D eigenvalue weighted by molar-refractivity contribution is 14.0. The number of nitrogens with two attached hydrogens (primary N) is 1. The van der Waals surface area contributed by atoms with Gasteiger partial charge in [-0.25, -0.2) is 0 Å². The average molecular weight is 474 g/mol. The summed E-state index contributed by atoms with van der Waals surface area (Å²) in [6.07, 6.45) is 0.163. The summed E-state index contributed by atoms with van der Waals surface area (Å²) in [7, 11) is 4.11. The van der Waals surface area contributed by atoms with Gasteiger partial charge >= 0.3 is 0 Å². The monoisotopic (exact) mass is 474 g/mol. The number of guanidine groups is 1. The Morgan fingerprint density at radius 2 is 1.92 bits per heavy atom. The highest BCUT2D eigenvalue weighted by Crippen LogP contribution is 2.23. The number of anilines is 1. The van der Waals surface area contributed by atoms with E-state index < -0.39 is 0 Å². The molecule has 7 heteroatoms. The molecule has 2 aromatic rings. The molecule has 0 radical (unpaired) electrons. The van der Waals surface area contributed by atoms with Gasteiger partial charge < -0.3 is 20.7 Å². The third-order valence-corrected chi connectivity index (χ3v) is 4.40. The van der Waals surface area contributed by atoms with Crippen LogP contribution in [0.4, 0.5) is 5.69 Å². The molecule has 5 nitrogen and oxygen atoms in total. The minimum Gasteiger partial charge on any atom is -0.491 e. The largest absolute Gasteiger partial charge is 0.491 e. The third-order valence-electron chi connectivity index (χ3n) is 3.43. The first kappa shape index (κ1) is 21.7. The van der Waals surface area contributed by atoms with Crippen LogP contribution < -0.4 is 15.8 Å². The van der Waals surface area contributed by atoms with Gasteiger partial charge in [0.25, 0.3) is 0 Å². The predicted molar refractivity (Wildman–Crippen MR) is 118 cm³/mol. The van der Waals surface area contributed by atoms with Crippen LogP contribution in [0.25, 0.3) is 0 Å². The maximum Gasteiger partial charge on any atom is 0.193 e. The molecule has 1 aromatic carbocycles. The molecule has 0 saturated heterocycles. The molecule has 0 amide bonds. The van der Waals surface area contributed by atoms with Crippen LogP contribution >= 0.6 is 35.3 Å². The molecule has 0 saturated carbocycles. The summed E-state index contributed by atoms with van der Waals surface area (Å²) >= 11 is 1.74. The van der Waals surface area contributed by atoms with Crippen molar-refractivity contribution >= 4 is 47.0 Å². The van der Waals surface area contributed by atoms with Gasteiger partial charge in [-0.3, -0.25) is 4.99 Å². The minimum absolute atomic E-state index is 0. The smallest absolute Gasteiger partial charge is 0.193 e. The number of hydrogen-bond acceptors (Lipinski definition) is 4. The molecule has 1 aromatic heterocycles. The van der Waals surface area contributed by atoms with Crippen molar-refractivity contribution in [1.29, 1.82) is 0 Å². The van der Waals surface area contributed by atoms with Gasteiger partial charge in [0, 0.05) is 10.6 Å². The molecular formula is C18H27IN4OS. The number of benzene rings is 1. The number of halogens is 1. The molecule has 0 aliphatic heterocycles. The predicted octanol–water partition coefficient (Wildman–Crippen LogP) is 4.18. The summed E-state index contributed by atoms with van der Waals surface area (Å²) in [6, 6.07) is 12.1. The van der Waals surface area contributed by atoms with Crippen LogP contribution in [-0.4, -0.2) is 37.6 Å². The van der Waals surface area contributed by atoms with Crippen molar-refractivity contribution in [3.8, 4) is 5.75 Å². The zero-order valence-corrected chi connectivity index (χ0v) is 18.2. The Bertz CT molecular complexity index is 642. The first-order valence-electron chi connectivity index (χ1n) is 7.99. The molecule has 1 unspecified atom stereocenters. The van der Waals surface area contributed by atoms with Crippen molar-refractivity contribution in [2.75, 3.05) is 26.0 Å². The van der Waals surface area contributed by atoms with Crippen molar-refractivity contribution in [2.24, 2.45) is 10.7 Å². The lowest BCUT2D eigenvalue weighted by Gasteiger charge is -2.21. The number of rotatable bonds is 7. The van der Waals surface area contributed by atoms with Crippen LogP contribution in [0.2, 0.25) is 0 Å². The molecule has 25 heavy (non-hydrogen) atoms. The van der Waals surface area contributed by atoms with E-state index in [9.17, 15) is 0 Å². The molecule has 0 bridgehead atoms. The minimum atomic E-state index is 0. The summed E-state index contributed by atoms with van der Waals surface area (Å²) in [5, 5.41) is 5.20. The van der Waals surface area contributed by atoms with E-state index in [2.05, 4.69) is 46.8 Å². The van der Waals surface area contributed by atoms with E-state index >= 15 is 0 Å². The van der Waals surface area contributed by atoms with Gasteiger partial charge in [-0.15, -0.1) is 35.3 Å². The zero-order valence-electron chi connectivity index (χ0n) is 15.1. The second-order valence-electron chi connectivity index (χ2n) is 6.04. The highest BCUT2D eigenvalue weighted by Gasteiger charge is 2.14. The van der Waals surface area contributed by atoms with Crippen molar-refractivity contribution in [2.45, 2.75) is 26.0 Å². The molecule has 0 aliphatic rings. The van der Waals surface area contributed by atoms with E-state index in [-0.39, 0.29) is 36.1 Å². The van der Waals surface area contributed by atoms with E-state index in [4.69, 9.17) is 10.5 Å². The normalized spacial score (nSPS) is 12.8. The zero-order chi connectivity index (χ0) is 17.5. The van der Waals surface area contributed by atoms with Crippen molar-refractivity contribution in [1.82, 2.24) is 4.90 Å². The molecule has 0 spiro atoms. The second-order valence-corrected chi connectivity index (χ2v) is 7.02. The van der Waals surface area contributed by atoms with E-state index in [1.165, 1.54) is 4.88 Å². The number of aliphatic imine (C=N–C) groups is 1. The van der Waals surface area contributed by atoms with Gasteiger partial charge in [0.15, 0.2) is 5.96 Å². The summed E-state index contributed by atoms with van der Waals surface area (Å²) in [5.41, 5.74) is 6.91. The molecule has 0 aliphatic carbocycles. The van der Waals surface area contributed by atoms with Crippen LogP contribution in [0.1, 0.15) is 24.8 Å². The maximum absolute atomic E-state index is 6.02. The number of likely N-dealkylation sites (N-methyl/N-ethyl adjacent to an activating group) is 1. The Kier molecular flexibility index (Phi) is 9.23. The van der Waals surface area contributed by atoms with E-state index in [0.717, 1.165) is 11.4 Å². The number of ether oxygens (including phenoxy) is 1. The Hall–Kier alpha value is -1.32. The molecule has 138 valence electrons. The summed E-state index contributed by atoms with van der Waals surface area (Å²) < 4.78 is 5.63. The molecule has 1 atom stereocenters. The number of hydrogen-bond donors (Lipinski definition) is 2. The fraction of sp³-hybridized carbons (Fsp3) is 0.389. The van der Waals surface area contributed by atoms with E-state index in [1.807, 2.05) is 38.1 Å². The third kappa shape index (κ3) is 7.21. The van der Waals surface area contributed by atoms with Crippen LogP contribution in [0.3, 0.4) is 0 Å². The van der Waals surface area contributed by atoms with Crippen LogP contribution in [-0.2, 0) is 0 Å². The highest BCUT2D eigenvalue weighted by atomic mass is 127. The fourth-order valence-corrected chi connectivity index (χ4v) is 3.16. The SMILES string of the molecule is CC(C)Oc1ccc(NC(N)=NCC(c2cccs2)N(C)C)cc1.I. The van der Waals surface area contributed by atoms with Gasteiger partial charge in [0.05, 0.1) is 18.7 Å². The van der Waals surface area contributed by atoms with Gasteiger partial charge in [-0.2, -0.15) is 0 Å². The number of nitrogens with one attached hydrogen (secondary N) is 1. The molecule has 2 rings (SSSR count).